The van der Waals surface area contributed by atoms with Crippen molar-refractivity contribution in [2.45, 2.75) is 38.5 Å². The fourth-order valence-electron chi connectivity index (χ4n) is 5.20. The lowest BCUT2D eigenvalue weighted by molar-refractivity contribution is 0.0669. The summed E-state index contributed by atoms with van der Waals surface area (Å²) in [4.78, 5) is 12.9. The average molecular weight is 333 g/mol. The maximum Gasteiger partial charge on any atom is 0.165 e. The smallest absolute Gasteiger partial charge is 0.165 e. The molecule has 0 spiro atoms. The zero-order chi connectivity index (χ0) is 17.2. The van der Waals surface area contributed by atoms with Crippen LogP contribution in [0.25, 0.3) is 0 Å². The molecule has 0 amide bonds. The summed E-state index contributed by atoms with van der Waals surface area (Å²) >= 11 is 0. The summed E-state index contributed by atoms with van der Waals surface area (Å²) in [5.41, 5.74) is 8.76. The number of fused-ring (bicyclic) bond motifs is 2. The molecule has 2 aliphatic rings. The van der Waals surface area contributed by atoms with Crippen molar-refractivity contribution in [2.24, 2.45) is 23.7 Å². The third-order valence-electron chi connectivity index (χ3n) is 6.17. The second-order valence-corrected chi connectivity index (χ2v) is 8.15. The molecule has 25 heavy (non-hydrogen) atoms. The SMILES string of the molecule is Nc1ccc(C(=O)C2CC3CC(Cc4ccccc4)CC(C3)C2)cc1. The predicted octanol–water partition coefficient (Wildman–Crippen LogP) is 5.14. The Balaban J connectivity index is 1.40. The minimum Gasteiger partial charge on any atom is -0.399 e. The van der Waals surface area contributed by atoms with E-state index in [2.05, 4.69) is 30.3 Å². The summed E-state index contributed by atoms with van der Waals surface area (Å²) in [7, 11) is 0. The highest BCUT2D eigenvalue weighted by atomic mass is 16.1. The van der Waals surface area contributed by atoms with Gasteiger partial charge in [0.05, 0.1) is 0 Å². The maximum atomic E-state index is 12.9. The summed E-state index contributed by atoms with van der Waals surface area (Å²) in [5, 5.41) is 0. The molecule has 2 N–H and O–H groups in total. The van der Waals surface area contributed by atoms with Crippen molar-refractivity contribution < 1.29 is 4.79 Å². The third-order valence-corrected chi connectivity index (χ3v) is 6.17. The third kappa shape index (κ3) is 3.78. The molecule has 0 aliphatic heterocycles. The number of hydrogen-bond acceptors (Lipinski definition) is 2. The normalized spacial score (nSPS) is 28.5. The van der Waals surface area contributed by atoms with E-state index in [0.29, 0.717) is 5.78 Å². The molecule has 0 radical (unpaired) electrons. The largest absolute Gasteiger partial charge is 0.399 e. The van der Waals surface area contributed by atoms with Crippen LogP contribution in [0.5, 0.6) is 0 Å². The lowest BCUT2D eigenvalue weighted by atomic mass is 9.62. The fraction of sp³-hybridized carbons (Fsp3) is 0.435. The van der Waals surface area contributed by atoms with Crippen LogP contribution in [0.1, 0.15) is 48.0 Å². The van der Waals surface area contributed by atoms with Crippen LogP contribution >= 0.6 is 0 Å². The van der Waals surface area contributed by atoms with Crippen LogP contribution in [0.3, 0.4) is 0 Å². The molecule has 2 bridgehead atoms. The van der Waals surface area contributed by atoms with Crippen molar-refractivity contribution in [1.29, 1.82) is 0 Å². The van der Waals surface area contributed by atoms with Gasteiger partial charge in [0.15, 0.2) is 5.78 Å². The van der Waals surface area contributed by atoms with E-state index in [0.717, 1.165) is 41.8 Å². The summed E-state index contributed by atoms with van der Waals surface area (Å²) in [6.45, 7) is 0. The van der Waals surface area contributed by atoms with Gasteiger partial charge in [-0.2, -0.15) is 0 Å². The Morgan fingerprint density at radius 2 is 1.48 bits per heavy atom. The maximum absolute atomic E-state index is 12.9. The van der Waals surface area contributed by atoms with Crippen LogP contribution in [0, 0.1) is 23.7 Å². The number of Topliss-reactive ketones (excluding diaryl/α,β-unsaturated/α-hetero) is 1. The Morgan fingerprint density at radius 1 is 0.840 bits per heavy atom. The second-order valence-electron chi connectivity index (χ2n) is 8.15. The minimum absolute atomic E-state index is 0.213. The standard InChI is InChI=1S/C23H27NO/c24-22-8-6-20(7-9-22)23(25)21-14-18-11-17(12-19(13-18)15-21)10-16-4-2-1-3-5-16/h1-9,17-19,21H,10-15,24H2. The molecular formula is C23H27NO. The molecule has 2 fully saturated rings. The van der Waals surface area contributed by atoms with Crippen LogP contribution in [0.4, 0.5) is 5.69 Å². The lowest BCUT2D eigenvalue weighted by Crippen LogP contribution is -2.34. The van der Waals surface area contributed by atoms with Gasteiger partial charge in [-0.1, -0.05) is 30.3 Å². The Labute approximate surface area is 150 Å². The van der Waals surface area contributed by atoms with Crippen molar-refractivity contribution in [3.8, 4) is 0 Å². The number of benzene rings is 2. The first-order valence-corrected chi connectivity index (χ1v) is 9.61. The van der Waals surface area contributed by atoms with Gasteiger partial charge < -0.3 is 5.73 Å². The van der Waals surface area contributed by atoms with Gasteiger partial charge in [0.2, 0.25) is 0 Å². The molecule has 2 aromatic carbocycles. The highest BCUT2D eigenvalue weighted by molar-refractivity contribution is 5.98. The summed E-state index contributed by atoms with van der Waals surface area (Å²) in [6.07, 6.45) is 7.26. The van der Waals surface area contributed by atoms with Crippen LogP contribution in [0.2, 0.25) is 0 Å². The molecule has 0 saturated heterocycles. The van der Waals surface area contributed by atoms with Gasteiger partial charge in [-0.25, -0.2) is 0 Å². The van der Waals surface area contributed by atoms with Crippen molar-refractivity contribution in [2.75, 3.05) is 5.73 Å². The van der Waals surface area contributed by atoms with Crippen LogP contribution < -0.4 is 5.73 Å². The average Bonchev–Trinajstić information content (AvgIpc) is 2.62. The number of carbonyl (C=O) groups excluding carboxylic acids is 1. The van der Waals surface area contributed by atoms with Crippen molar-refractivity contribution in [3.63, 3.8) is 0 Å². The highest BCUT2D eigenvalue weighted by Crippen LogP contribution is 2.46. The van der Waals surface area contributed by atoms with Gasteiger partial charge in [-0.3, -0.25) is 4.79 Å². The number of carbonyl (C=O) groups is 1. The number of anilines is 1. The molecule has 2 heteroatoms. The van der Waals surface area contributed by atoms with Crippen LogP contribution in [-0.4, -0.2) is 5.78 Å². The molecule has 2 nitrogen and oxygen atoms in total. The molecule has 2 saturated carbocycles. The Kier molecular flexibility index (Phi) is 4.61. The van der Waals surface area contributed by atoms with Gasteiger partial charge in [0.1, 0.15) is 0 Å². The zero-order valence-electron chi connectivity index (χ0n) is 14.7. The molecule has 2 atom stereocenters. The number of ketones is 1. The first-order chi connectivity index (χ1) is 12.2. The van der Waals surface area contributed by atoms with Gasteiger partial charge in [0.25, 0.3) is 0 Å². The molecule has 2 unspecified atom stereocenters. The molecule has 4 rings (SSSR count). The first kappa shape index (κ1) is 16.4. The van der Waals surface area contributed by atoms with E-state index >= 15 is 0 Å². The van der Waals surface area contributed by atoms with E-state index in [1.54, 1.807) is 0 Å². The monoisotopic (exact) mass is 333 g/mol. The van der Waals surface area contributed by atoms with Gasteiger partial charge >= 0.3 is 0 Å². The van der Waals surface area contributed by atoms with E-state index < -0.39 is 0 Å². The summed E-state index contributed by atoms with van der Waals surface area (Å²) in [5.74, 6) is 2.79. The van der Waals surface area contributed by atoms with E-state index in [1.807, 2.05) is 24.3 Å². The quantitative estimate of drug-likeness (QED) is 0.622. The number of nitrogen functional groups attached to an aromatic ring is 1. The molecule has 130 valence electrons. The molecule has 0 aromatic heterocycles. The highest BCUT2D eigenvalue weighted by Gasteiger charge is 2.38. The van der Waals surface area contributed by atoms with Crippen molar-refractivity contribution in [3.05, 3.63) is 65.7 Å². The Morgan fingerprint density at radius 3 is 2.12 bits per heavy atom. The predicted molar refractivity (Wildman–Crippen MR) is 102 cm³/mol. The van der Waals surface area contributed by atoms with Crippen LogP contribution in [0.15, 0.2) is 54.6 Å². The van der Waals surface area contributed by atoms with Gasteiger partial charge in [-0.05, 0) is 86.1 Å². The number of rotatable bonds is 4. The summed E-state index contributed by atoms with van der Waals surface area (Å²) < 4.78 is 0. The number of hydrogen-bond donors (Lipinski definition) is 1. The second kappa shape index (κ2) is 7.03. The van der Waals surface area contributed by atoms with Crippen molar-refractivity contribution in [1.82, 2.24) is 0 Å². The fourth-order valence-corrected chi connectivity index (χ4v) is 5.20. The van der Waals surface area contributed by atoms with Gasteiger partial charge in [0, 0.05) is 17.2 Å². The Bertz CT molecular complexity index is 708. The van der Waals surface area contributed by atoms with Crippen LogP contribution in [-0.2, 0) is 6.42 Å². The topological polar surface area (TPSA) is 43.1 Å². The molecule has 2 aromatic rings. The first-order valence-electron chi connectivity index (χ1n) is 9.61. The Hall–Kier alpha value is -2.09. The summed E-state index contributed by atoms with van der Waals surface area (Å²) in [6, 6.07) is 18.3. The van der Waals surface area contributed by atoms with Gasteiger partial charge in [-0.15, -0.1) is 0 Å². The lowest BCUT2D eigenvalue weighted by Gasteiger charge is -2.42. The molecule has 2 aliphatic carbocycles. The van der Waals surface area contributed by atoms with Crippen molar-refractivity contribution >= 4 is 11.5 Å². The number of nitrogens with two attached hydrogens (primary N) is 1. The van der Waals surface area contributed by atoms with E-state index in [-0.39, 0.29) is 5.92 Å². The zero-order valence-corrected chi connectivity index (χ0v) is 14.7. The minimum atomic E-state index is 0.213. The van der Waals surface area contributed by atoms with E-state index in [9.17, 15) is 4.79 Å². The van der Waals surface area contributed by atoms with E-state index in [4.69, 9.17) is 5.73 Å². The molecule has 0 heterocycles. The van der Waals surface area contributed by atoms with E-state index in [1.165, 1.54) is 31.2 Å². The molecular weight excluding hydrogens is 306 g/mol.